The molecule has 4 rings (SSSR count). The van der Waals surface area contributed by atoms with Gasteiger partial charge >= 0.3 is 0 Å². The first kappa shape index (κ1) is 17.0. The Morgan fingerprint density at radius 3 is 2.70 bits per heavy atom. The molecule has 2 aromatic carbocycles. The summed E-state index contributed by atoms with van der Waals surface area (Å²) in [4.78, 5) is 17.3. The highest BCUT2D eigenvalue weighted by molar-refractivity contribution is 7.22. The molecule has 0 bridgehead atoms. The molecule has 1 amide bonds. The van der Waals surface area contributed by atoms with Gasteiger partial charge in [-0.3, -0.25) is 4.79 Å². The van der Waals surface area contributed by atoms with Gasteiger partial charge in [-0.2, -0.15) is 10.1 Å². The maximum atomic E-state index is 12.8. The number of nitrogens with zero attached hydrogens (tertiary/aromatic N) is 3. The molecule has 4 aromatic rings. The van der Waals surface area contributed by atoms with Gasteiger partial charge in [-0.25, -0.2) is 4.98 Å². The summed E-state index contributed by atoms with van der Waals surface area (Å²) in [5.74, 6) is 0.823. The van der Waals surface area contributed by atoms with Gasteiger partial charge in [-0.1, -0.05) is 41.7 Å². The predicted octanol–water partition coefficient (Wildman–Crippen LogP) is 4.34. The Kier molecular flexibility index (Phi) is 4.93. The molecular formula is C20H15N3O3S. The van der Waals surface area contributed by atoms with E-state index in [0.717, 1.165) is 10.2 Å². The van der Waals surface area contributed by atoms with Gasteiger partial charge in [0.15, 0.2) is 6.61 Å². The Morgan fingerprint density at radius 2 is 1.93 bits per heavy atom. The highest BCUT2D eigenvalue weighted by atomic mass is 32.1. The van der Waals surface area contributed by atoms with Gasteiger partial charge < -0.3 is 9.15 Å². The van der Waals surface area contributed by atoms with Gasteiger partial charge in [-0.05, 0) is 36.4 Å². The van der Waals surface area contributed by atoms with Crippen LogP contribution < -0.4 is 9.75 Å². The second kappa shape index (κ2) is 7.84. The van der Waals surface area contributed by atoms with Crippen molar-refractivity contribution in [2.45, 2.75) is 0 Å². The minimum absolute atomic E-state index is 0.157. The van der Waals surface area contributed by atoms with Gasteiger partial charge in [0.25, 0.3) is 5.91 Å². The summed E-state index contributed by atoms with van der Waals surface area (Å²) in [6.07, 6.45) is 3.02. The number of rotatable bonds is 6. The predicted molar refractivity (Wildman–Crippen MR) is 105 cm³/mol. The maximum Gasteiger partial charge on any atom is 0.287 e. The van der Waals surface area contributed by atoms with E-state index in [0.29, 0.717) is 16.6 Å². The largest absolute Gasteiger partial charge is 0.484 e. The smallest absolute Gasteiger partial charge is 0.287 e. The van der Waals surface area contributed by atoms with Crippen LogP contribution in [0.1, 0.15) is 5.76 Å². The minimum atomic E-state index is -0.333. The van der Waals surface area contributed by atoms with E-state index in [4.69, 9.17) is 9.15 Å². The molecular weight excluding hydrogens is 362 g/mol. The van der Waals surface area contributed by atoms with Crippen LogP contribution >= 0.6 is 11.3 Å². The minimum Gasteiger partial charge on any atom is -0.484 e. The monoisotopic (exact) mass is 377 g/mol. The summed E-state index contributed by atoms with van der Waals surface area (Å²) in [5, 5.41) is 6.00. The van der Waals surface area contributed by atoms with Crippen molar-refractivity contribution in [3.63, 3.8) is 0 Å². The number of furan rings is 1. The van der Waals surface area contributed by atoms with Crippen LogP contribution in [0.5, 0.6) is 5.75 Å². The number of amides is 1. The van der Waals surface area contributed by atoms with E-state index in [1.54, 1.807) is 30.5 Å². The molecule has 0 spiro atoms. The van der Waals surface area contributed by atoms with Crippen LogP contribution in [0, 0.1) is 0 Å². The molecule has 134 valence electrons. The van der Waals surface area contributed by atoms with E-state index >= 15 is 0 Å². The molecule has 27 heavy (non-hydrogen) atoms. The van der Waals surface area contributed by atoms with Crippen LogP contribution in [-0.4, -0.2) is 23.7 Å². The Labute approximate surface area is 159 Å². The number of hydrogen-bond donors (Lipinski definition) is 0. The number of hydrogen-bond acceptors (Lipinski definition) is 6. The van der Waals surface area contributed by atoms with Crippen LogP contribution in [0.3, 0.4) is 0 Å². The summed E-state index contributed by atoms with van der Waals surface area (Å²) in [5.41, 5.74) is 0.812. The summed E-state index contributed by atoms with van der Waals surface area (Å²) in [7, 11) is 0. The molecule has 0 unspecified atom stereocenters. The second-order valence-electron chi connectivity index (χ2n) is 5.53. The van der Waals surface area contributed by atoms with Gasteiger partial charge in [0.1, 0.15) is 11.5 Å². The molecule has 0 N–H and O–H groups in total. The van der Waals surface area contributed by atoms with Crippen molar-refractivity contribution in [3.05, 3.63) is 78.8 Å². The molecule has 0 saturated carbocycles. The van der Waals surface area contributed by atoms with Crippen molar-refractivity contribution in [3.8, 4) is 5.75 Å². The summed E-state index contributed by atoms with van der Waals surface area (Å²) in [6, 6.07) is 20.4. The van der Waals surface area contributed by atoms with Crippen LogP contribution in [0.4, 0.5) is 5.13 Å². The molecule has 6 nitrogen and oxygen atoms in total. The van der Waals surface area contributed by atoms with E-state index in [1.807, 2.05) is 42.5 Å². The van der Waals surface area contributed by atoms with Crippen molar-refractivity contribution in [1.82, 2.24) is 4.98 Å². The second-order valence-corrected chi connectivity index (χ2v) is 6.54. The average molecular weight is 377 g/mol. The molecule has 0 saturated heterocycles. The Balaban J connectivity index is 1.59. The van der Waals surface area contributed by atoms with Crippen LogP contribution in [0.25, 0.3) is 10.2 Å². The third kappa shape index (κ3) is 4.04. The SMILES string of the molecule is O=C(COc1ccccc1)N(/N=C\c1ccco1)c1nc2ccccc2s1. The fourth-order valence-corrected chi connectivity index (χ4v) is 3.31. The molecule has 0 aliphatic heterocycles. The topological polar surface area (TPSA) is 67.9 Å². The van der Waals surface area contributed by atoms with Crippen LogP contribution in [0.15, 0.2) is 82.5 Å². The maximum absolute atomic E-state index is 12.8. The van der Waals surface area contributed by atoms with Gasteiger partial charge in [0.2, 0.25) is 5.13 Å². The number of carbonyl (C=O) groups is 1. The van der Waals surface area contributed by atoms with Crippen molar-refractivity contribution in [1.29, 1.82) is 0 Å². The van der Waals surface area contributed by atoms with E-state index in [2.05, 4.69) is 10.1 Å². The number of thiazole rings is 1. The number of hydrazone groups is 1. The molecule has 7 heteroatoms. The van der Waals surface area contributed by atoms with E-state index in [1.165, 1.54) is 22.6 Å². The lowest BCUT2D eigenvalue weighted by Crippen LogP contribution is -2.30. The first-order valence-corrected chi connectivity index (χ1v) is 9.05. The number of ether oxygens (including phenoxy) is 1. The Morgan fingerprint density at radius 1 is 1.11 bits per heavy atom. The highest BCUT2D eigenvalue weighted by Crippen LogP contribution is 2.29. The third-order valence-corrected chi connectivity index (χ3v) is 4.66. The van der Waals surface area contributed by atoms with Crippen molar-refractivity contribution < 1.29 is 13.9 Å². The van der Waals surface area contributed by atoms with E-state index in [9.17, 15) is 4.79 Å². The number of fused-ring (bicyclic) bond motifs is 1. The lowest BCUT2D eigenvalue weighted by atomic mass is 10.3. The fraction of sp³-hybridized carbons (Fsp3) is 0.0500. The van der Waals surface area contributed by atoms with E-state index in [-0.39, 0.29) is 12.5 Å². The lowest BCUT2D eigenvalue weighted by molar-refractivity contribution is -0.120. The molecule has 0 aliphatic carbocycles. The molecule has 2 heterocycles. The lowest BCUT2D eigenvalue weighted by Gasteiger charge is -2.14. The summed E-state index contributed by atoms with van der Waals surface area (Å²) < 4.78 is 11.8. The van der Waals surface area contributed by atoms with Gasteiger partial charge in [0, 0.05) is 0 Å². The number of carbonyl (C=O) groups excluding carboxylic acids is 1. The normalized spacial score (nSPS) is 11.1. The van der Waals surface area contributed by atoms with Crippen molar-refractivity contribution >= 4 is 38.8 Å². The van der Waals surface area contributed by atoms with Crippen molar-refractivity contribution in [2.24, 2.45) is 5.10 Å². The Bertz CT molecular complexity index is 1030. The van der Waals surface area contributed by atoms with Gasteiger partial charge in [-0.15, -0.1) is 0 Å². The van der Waals surface area contributed by atoms with Gasteiger partial charge in [0.05, 0.1) is 22.7 Å². The Hall–Kier alpha value is -3.45. The fourth-order valence-electron chi connectivity index (χ4n) is 2.37. The van der Waals surface area contributed by atoms with Crippen molar-refractivity contribution in [2.75, 3.05) is 11.6 Å². The van der Waals surface area contributed by atoms with E-state index < -0.39 is 0 Å². The zero-order chi connectivity index (χ0) is 18.5. The summed E-state index contributed by atoms with van der Waals surface area (Å²) in [6.45, 7) is -0.157. The number of anilines is 1. The molecule has 0 aliphatic rings. The van der Waals surface area contributed by atoms with Crippen LogP contribution in [-0.2, 0) is 4.79 Å². The first-order valence-electron chi connectivity index (χ1n) is 8.23. The average Bonchev–Trinajstić information content (AvgIpc) is 3.37. The zero-order valence-corrected chi connectivity index (χ0v) is 15.0. The standard InChI is InChI=1S/C20H15N3O3S/c24-19(14-26-15-7-2-1-3-8-15)23(21-13-16-9-6-12-25-16)20-22-17-10-4-5-11-18(17)27-20/h1-13H,14H2/b21-13-. The quantitative estimate of drug-likeness (QED) is 0.370. The third-order valence-electron chi connectivity index (χ3n) is 3.65. The first-order chi connectivity index (χ1) is 13.3. The number of para-hydroxylation sites is 2. The molecule has 2 aromatic heterocycles. The molecule has 0 atom stereocenters. The number of benzene rings is 2. The highest BCUT2D eigenvalue weighted by Gasteiger charge is 2.20. The van der Waals surface area contributed by atoms with Crippen LogP contribution in [0.2, 0.25) is 0 Å². The molecule has 0 fully saturated rings. The number of aromatic nitrogens is 1. The zero-order valence-electron chi connectivity index (χ0n) is 14.2. The molecule has 0 radical (unpaired) electrons. The summed E-state index contributed by atoms with van der Waals surface area (Å²) >= 11 is 1.39.